The van der Waals surface area contributed by atoms with E-state index in [-0.39, 0.29) is 52.9 Å². The van der Waals surface area contributed by atoms with Crippen LogP contribution >= 0.6 is 0 Å². The summed E-state index contributed by atoms with van der Waals surface area (Å²) < 4.78 is 0. The summed E-state index contributed by atoms with van der Waals surface area (Å²) in [5, 5.41) is 17.2. The summed E-state index contributed by atoms with van der Waals surface area (Å²) in [4.78, 5) is 21.0. The van der Waals surface area contributed by atoms with E-state index in [1.807, 2.05) is 13.8 Å². The van der Waals surface area contributed by atoms with E-state index >= 15 is 0 Å². The van der Waals surface area contributed by atoms with Gasteiger partial charge in [0.25, 0.3) is 0 Å². The first-order valence-corrected chi connectivity index (χ1v) is 4.44. The number of hydrogen-bond acceptors (Lipinski definition) is 2. The smallest absolute Gasteiger partial charge is 1.00 e. The van der Waals surface area contributed by atoms with Crippen LogP contribution in [0.5, 0.6) is 0 Å². The van der Waals surface area contributed by atoms with E-state index in [4.69, 9.17) is 10.2 Å². The van der Waals surface area contributed by atoms with Crippen molar-refractivity contribution in [1.29, 1.82) is 0 Å². The van der Waals surface area contributed by atoms with Crippen molar-refractivity contribution in [3.05, 3.63) is 0 Å². The quantitative estimate of drug-likeness (QED) is 0.535. The molecule has 14 heavy (non-hydrogen) atoms. The molecular weight excluding hydrogens is 212 g/mol. The molecule has 0 aromatic carbocycles. The second-order valence-corrected chi connectivity index (χ2v) is 3.36. The van der Waals surface area contributed by atoms with Gasteiger partial charge in [0.05, 0.1) is 0 Å². The van der Waals surface area contributed by atoms with Gasteiger partial charge in [-0.15, -0.1) is 0 Å². The topological polar surface area (TPSA) is 74.6 Å². The van der Waals surface area contributed by atoms with Crippen molar-refractivity contribution in [3.8, 4) is 0 Å². The van der Waals surface area contributed by atoms with Crippen molar-refractivity contribution in [2.45, 2.75) is 33.1 Å². The van der Waals surface area contributed by atoms with Gasteiger partial charge in [0, 0.05) is 0 Å². The molecule has 0 aromatic rings. The second kappa shape index (κ2) is 8.50. The van der Waals surface area contributed by atoms with Gasteiger partial charge in [-0.25, -0.2) is 0 Å². The molecule has 0 bridgehead atoms. The minimum absolute atomic E-state index is 0. The third-order valence-corrected chi connectivity index (χ3v) is 2.02. The molecule has 0 fully saturated rings. The maximum Gasteiger partial charge on any atom is 2.00 e. The zero-order valence-electron chi connectivity index (χ0n) is 10.7. The van der Waals surface area contributed by atoms with Crippen molar-refractivity contribution in [1.82, 2.24) is 0 Å². The molecule has 2 N–H and O–H groups in total. The number of rotatable bonds is 6. The Labute approximate surface area is 117 Å². The van der Waals surface area contributed by atoms with Gasteiger partial charge in [-0.2, -0.15) is 0 Å². The van der Waals surface area contributed by atoms with Gasteiger partial charge in [0.1, 0.15) is 0 Å². The molecule has 0 spiro atoms. The average molecular weight is 230 g/mol. The molecule has 4 nitrogen and oxygen atoms in total. The van der Waals surface area contributed by atoms with Crippen molar-refractivity contribution < 1.29 is 22.7 Å². The fourth-order valence-corrected chi connectivity index (χ4v) is 1.32. The Hall–Kier alpha value is 0.200. The molecule has 0 heterocycles. The van der Waals surface area contributed by atoms with Crippen molar-refractivity contribution in [3.63, 3.8) is 0 Å². The predicted molar refractivity (Wildman–Crippen MR) is 55.4 cm³/mol. The molecule has 0 aromatic heterocycles. The number of carbonyl (C=O) groups is 2. The summed E-state index contributed by atoms with van der Waals surface area (Å²) >= 11 is 0. The zero-order valence-corrected chi connectivity index (χ0v) is 10.9. The Bertz CT molecular complexity index is 188. The van der Waals surface area contributed by atoms with Crippen LogP contribution in [0.4, 0.5) is 0 Å². The van der Waals surface area contributed by atoms with E-state index in [2.05, 4.69) is 0 Å². The van der Waals surface area contributed by atoms with Gasteiger partial charge in [-0.3, -0.25) is 9.59 Å². The molecule has 0 amide bonds. The summed E-state index contributed by atoms with van der Waals surface area (Å²) in [6, 6.07) is 0. The molecule has 0 radical (unpaired) electrons. The molecule has 0 aliphatic carbocycles. The Balaban J connectivity index is -0.000000240. The van der Waals surface area contributed by atoms with Crippen LogP contribution < -0.4 is 0 Å². The SMILES string of the molecule is CCCC(C)CC(C(=O)O)C(=O)O.[Ca+2].[H-].[H-]. The molecule has 0 saturated heterocycles. The van der Waals surface area contributed by atoms with Crippen molar-refractivity contribution >= 4 is 49.7 Å². The summed E-state index contributed by atoms with van der Waals surface area (Å²) in [5.41, 5.74) is 0. The van der Waals surface area contributed by atoms with Gasteiger partial charge < -0.3 is 13.1 Å². The summed E-state index contributed by atoms with van der Waals surface area (Å²) in [6.07, 6.45) is 2.04. The Kier molecular flexibility index (Phi) is 10.1. The Morgan fingerprint density at radius 1 is 1.29 bits per heavy atom. The first-order chi connectivity index (χ1) is 5.99. The third-order valence-electron chi connectivity index (χ3n) is 2.02. The fourth-order valence-electron chi connectivity index (χ4n) is 1.32. The molecule has 1 unspecified atom stereocenters. The van der Waals surface area contributed by atoms with Gasteiger partial charge >= 0.3 is 49.7 Å². The molecule has 0 saturated carbocycles. The molecule has 5 heteroatoms. The van der Waals surface area contributed by atoms with Crippen LogP contribution in [0.25, 0.3) is 0 Å². The van der Waals surface area contributed by atoms with Crippen LogP contribution in [0, 0.1) is 11.8 Å². The van der Waals surface area contributed by atoms with Gasteiger partial charge in [-0.1, -0.05) is 26.7 Å². The monoisotopic (exact) mass is 230 g/mol. The van der Waals surface area contributed by atoms with E-state index in [0.29, 0.717) is 0 Å². The standard InChI is InChI=1S/C9H16O4.Ca.2H/c1-3-4-6(2)5-7(8(10)11)9(12)13;;;/h6-7H,3-5H2,1-2H3,(H,10,11)(H,12,13);;;/q;+2;2*-1. The predicted octanol–water partition coefficient (Wildman–Crippen LogP) is 1.44. The van der Waals surface area contributed by atoms with Crippen LogP contribution in [0.1, 0.15) is 36.0 Å². The number of carboxylic acid groups (broad SMARTS) is 2. The first-order valence-electron chi connectivity index (χ1n) is 4.44. The third kappa shape index (κ3) is 6.62. The maximum absolute atomic E-state index is 10.5. The van der Waals surface area contributed by atoms with Gasteiger partial charge in [0.15, 0.2) is 5.92 Å². The van der Waals surface area contributed by atoms with E-state index < -0.39 is 17.9 Å². The van der Waals surface area contributed by atoms with E-state index in [9.17, 15) is 9.59 Å². The minimum Gasteiger partial charge on any atom is -1.00 e. The van der Waals surface area contributed by atoms with E-state index in [1.165, 1.54) is 0 Å². The van der Waals surface area contributed by atoms with Crippen LogP contribution in [-0.4, -0.2) is 59.9 Å². The van der Waals surface area contributed by atoms with Crippen LogP contribution in [0.3, 0.4) is 0 Å². The van der Waals surface area contributed by atoms with E-state index in [0.717, 1.165) is 12.8 Å². The second-order valence-electron chi connectivity index (χ2n) is 3.36. The minimum atomic E-state index is -1.25. The summed E-state index contributed by atoms with van der Waals surface area (Å²) in [7, 11) is 0. The van der Waals surface area contributed by atoms with Crippen LogP contribution in [0.2, 0.25) is 0 Å². The molecular formula is C9H18CaO4. The summed E-state index contributed by atoms with van der Waals surface area (Å²) in [5.74, 6) is -3.57. The van der Waals surface area contributed by atoms with Gasteiger partial charge in [0.2, 0.25) is 0 Å². The van der Waals surface area contributed by atoms with Gasteiger partial charge in [-0.05, 0) is 12.3 Å². The first kappa shape index (κ1) is 16.6. The molecule has 80 valence electrons. The number of carboxylic acids is 2. The van der Waals surface area contributed by atoms with Crippen molar-refractivity contribution in [2.75, 3.05) is 0 Å². The van der Waals surface area contributed by atoms with Crippen LogP contribution in [-0.2, 0) is 9.59 Å². The average Bonchev–Trinajstić information content (AvgIpc) is 1.99. The number of aliphatic carboxylic acids is 2. The number of hydrogen-bond donors (Lipinski definition) is 2. The summed E-state index contributed by atoms with van der Waals surface area (Å²) in [6.45, 7) is 3.87. The van der Waals surface area contributed by atoms with Crippen molar-refractivity contribution in [2.24, 2.45) is 11.8 Å². The zero-order chi connectivity index (χ0) is 10.4. The Morgan fingerprint density at radius 2 is 1.71 bits per heavy atom. The fraction of sp³-hybridized carbons (Fsp3) is 0.778. The van der Waals surface area contributed by atoms with Crippen LogP contribution in [0.15, 0.2) is 0 Å². The normalized spacial score (nSPS) is 11.9. The Morgan fingerprint density at radius 3 is 2.00 bits per heavy atom. The molecule has 0 aliphatic rings. The maximum atomic E-state index is 10.5. The molecule has 0 rings (SSSR count). The van der Waals surface area contributed by atoms with E-state index in [1.54, 1.807) is 0 Å². The molecule has 1 atom stereocenters. The molecule has 0 aliphatic heterocycles. The largest absolute Gasteiger partial charge is 2.00 e.